The van der Waals surface area contributed by atoms with Gasteiger partial charge in [0.2, 0.25) is 6.29 Å². The van der Waals surface area contributed by atoms with Crippen molar-refractivity contribution in [2.45, 2.75) is 12.8 Å². The topological polar surface area (TPSA) is 76.2 Å². The lowest BCUT2D eigenvalue weighted by molar-refractivity contribution is 0.108. The van der Waals surface area contributed by atoms with E-state index in [4.69, 9.17) is 5.11 Å². The zero-order valence-corrected chi connectivity index (χ0v) is 5.86. The van der Waals surface area contributed by atoms with E-state index >= 15 is 0 Å². The predicted molar refractivity (Wildman–Crippen MR) is 35.1 cm³/mol. The first-order valence-electron chi connectivity index (χ1n) is 3.25. The van der Waals surface area contributed by atoms with Gasteiger partial charge in [-0.1, -0.05) is 5.16 Å². The van der Waals surface area contributed by atoms with E-state index < -0.39 is 0 Å². The molecule has 0 saturated carbocycles. The summed E-state index contributed by atoms with van der Waals surface area (Å²) in [5.41, 5.74) is 0. The highest BCUT2D eigenvalue weighted by atomic mass is 16.5. The summed E-state index contributed by atoms with van der Waals surface area (Å²) in [4.78, 5) is 13.8. The number of aldehydes is 1. The molecule has 1 aromatic heterocycles. The first-order chi connectivity index (χ1) is 5.36. The first kappa shape index (κ1) is 7.87. The van der Waals surface area contributed by atoms with E-state index in [-0.39, 0.29) is 12.5 Å². The number of hydrogen-bond acceptors (Lipinski definition) is 5. The summed E-state index contributed by atoms with van der Waals surface area (Å²) < 4.78 is 4.50. The SMILES string of the molecule is O=Cc1nc(CCCO)no1. The fourth-order valence-corrected chi connectivity index (χ4v) is 0.654. The normalized spacial score (nSPS) is 9.91. The summed E-state index contributed by atoms with van der Waals surface area (Å²) in [6.45, 7) is 0.0883. The molecule has 0 bridgehead atoms. The number of rotatable bonds is 4. The van der Waals surface area contributed by atoms with Crippen LogP contribution in [0.25, 0.3) is 0 Å². The minimum absolute atomic E-state index is 0.0158. The van der Waals surface area contributed by atoms with Gasteiger partial charge in [-0.3, -0.25) is 4.79 Å². The van der Waals surface area contributed by atoms with E-state index in [1.807, 2.05) is 0 Å². The molecule has 5 nitrogen and oxygen atoms in total. The Bertz CT molecular complexity index is 233. The van der Waals surface area contributed by atoms with Crippen molar-refractivity contribution < 1.29 is 14.4 Å². The van der Waals surface area contributed by atoms with Crippen LogP contribution in [0.3, 0.4) is 0 Å². The molecule has 0 aliphatic rings. The Balaban J connectivity index is 2.51. The van der Waals surface area contributed by atoms with E-state index in [9.17, 15) is 4.79 Å². The van der Waals surface area contributed by atoms with Crippen molar-refractivity contribution in [1.29, 1.82) is 0 Å². The number of aromatic nitrogens is 2. The van der Waals surface area contributed by atoms with Gasteiger partial charge < -0.3 is 9.63 Å². The van der Waals surface area contributed by atoms with Crippen molar-refractivity contribution in [3.8, 4) is 0 Å². The van der Waals surface area contributed by atoms with Crippen molar-refractivity contribution in [3.05, 3.63) is 11.7 Å². The molecule has 0 aliphatic carbocycles. The molecule has 0 saturated heterocycles. The zero-order valence-electron chi connectivity index (χ0n) is 5.86. The number of hydrogen-bond donors (Lipinski definition) is 1. The molecule has 0 amide bonds. The smallest absolute Gasteiger partial charge is 0.290 e. The molecule has 0 spiro atoms. The van der Waals surface area contributed by atoms with Crippen LogP contribution in [0.5, 0.6) is 0 Å². The summed E-state index contributed by atoms with van der Waals surface area (Å²) >= 11 is 0. The second-order valence-corrected chi connectivity index (χ2v) is 1.99. The molecule has 60 valence electrons. The van der Waals surface area contributed by atoms with Gasteiger partial charge in [0.15, 0.2) is 5.82 Å². The number of nitrogens with zero attached hydrogens (tertiary/aromatic N) is 2. The Labute approximate surface area is 63.0 Å². The second kappa shape index (κ2) is 3.82. The monoisotopic (exact) mass is 156 g/mol. The van der Waals surface area contributed by atoms with Crippen LogP contribution in [0, 0.1) is 0 Å². The van der Waals surface area contributed by atoms with E-state index in [1.165, 1.54) is 0 Å². The Kier molecular flexibility index (Phi) is 2.74. The van der Waals surface area contributed by atoms with Gasteiger partial charge in [0.25, 0.3) is 5.89 Å². The maximum absolute atomic E-state index is 10.0. The Morgan fingerprint density at radius 1 is 1.64 bits per heavy atom. The van der Waals surface area contributed by atoms with Gasteiger partial charge in [0.05, 0.1) is 0 Å². The number of carbonyl (C=O) groups excluding carboxylic acids is 1. The maximum Gasteiger partial charge on any atom is 0.290 e. The molecule has 1 heterocycles. The van der Waals surface area contributed by atoms with Crippen LogP contribution in [0.4, 0.5) is 0 Å². The number of aryl methyl sites for hydroxylation is 1. The van der Waals surface area contributed by atoms with Crippen molar-refractivity contribution in [2.24, 2.45) is 0 Å². The largest absolute Gasteiger partial charge is 0.396 e. The van der Waals surface area contributed by atoms with Crippen molar-refractivity contribution in [1.82, 2.24) is 10.1 Å². The lowest BCUT2D eigenvalue weighted by Gasteiger charge is -1.86. The summed E-state index contributed by atoms with van der Waals surface area (Å²) in [5, 5.41) is 11.9. The third kappa shape index (κ3) is 2.12. The quantitative estimate of drug-likeness (QED) is 0.611. The number of carbonyl (C=O) groups is 1. The highest BCUT2D eigenvalue weighted by molar-refractivity contribution is 5.66. The molecule has 0 fully saturated rings. The standard InChI is InChI=1S/C6H8N2O3/c9-3-1-2-5-7-6(4-10)11-8-5/h4,9H,1-3H2. The molecule has 0 radical (unpaired) electrons. The molecule has 1 aromatic rings. The summed E-state index contributed by atoms with van der Waals surface area (Å²) in [6, 6.07) is 0. The van der Waals surface area contributed by atoms with Crippen LogP contribution in [-0.2, 0) is 6.42 Å². The molecule has 1 N–H and O–H groups in total. The minimum atomic E-state index is -0.0158. The molecule has 0 aromatic carbocycles. The summed E-state index contributed by atoms with van der Waals surface area (Å²) in [6.07, 6.45) is 1.61. The zero-order chi connectivity index (χ0) is 8.10. The molecule has 5 heteroatoms. The fraction of sp³-hybridized carbons (Fsp3) is 0.500. The Morgan fingerprint density at radius 3 is 3.00 bits per heavy atom. The van der Waals surface area contributed by atoms with Crippen molar-refractivity contribution in [3.63, 3.8) is 0 Å². The second-order valence-electron chi connectivity index (χ2n) is 1.99. The van der Waals surface area contributed by atoms with Crippen molar-refractivity contribution in [2.75, 3.05) is 6.61 Å². The number of aliphatic hydroxyl groups is 1. The minimum Gasteiger partial charge on any atom is -0.396 e. The highest BCUT2D eigenvalue weighted by Gasteiger charge is 2.02. The number of aliphatic hydroxyl groups excluding tert-OH is 1. The van der Waals surface area contributed by atoms with Crippen LogP contribution in [0.2, 0.25) is 0 Å². The lowest BCUT2D eigenvalue weighted by atomic mass is 10.3. The van der Waals surface area contributed by atoms with Gasteiger partial charge in [-0.05, 0) is 6.42 Å². The van der Waals surface area contributed by atoms with Gasteiger partial charge in [0, 0.05) is 13.0 Å². The van der Waals surface area contributed by atoms with Crippen molar-refractivity contribution >= 4 is 6.29 Å². The maximum atomic E-state index is 10.0. The molecule has 0 unspecified atom stereocenters. The molecule has 0 aliphatic heterocycles. The molecule has 0 atom stereocenters. The van der Waals surface area contributed by atoms with E-state index in [1.54, 1.807) is 0 Å². The van der Waals surface area contributed by atoms with Crippen LogP contribution < -0.4 is 0 Å². The van der Waals surface area contributed by atoms with Gasteiger partial charge in [-0.25, -0.2) is 0 Å². The Hall–Kier alpha value is -1.23. The van der Waals surface area contributed by atoms with Gasteiger partial charge in [-0.2, -0.15) is 4.98 Å². The first-order valence-corrected chi connectivity index (χ1v) is 3.25. The van der Waals surface area contributed by atoms with Gasteiger partial charge >= 0.3 is 0 Å². The van der Waals surface area contributed by atoms with Crippen LogP contribution in [-0.4, -0.2) is 28.1 Å². The Morgan fingerprint density at radius 2 is 2.45 bits per heavy atom. The third-order valence-electron chi connectivity index (χ3n) is 1.14. The molecular formula is C6H8N2O3. The van der Waals surface area contributed by atoms with E-state index in [0.29, 0.717) is 25.0 Å². The average molecular weight is 156 g/mol. The van der Waals surface area contributed by atoms with Crippen LogP contribution in [0.1, 0.15) is 22.9 Å². The van der Waals surface area contributed by atoms with Crippen LogP contribution in [0.15, 0.2) is 4.52 Å². The summed E-state index contributed by atoms with van der Waals surface area (Å²) in [5.74, 6) is 0.444. The average Bonchev–Trinajstić information content (AvgIpc) is 2.48. The highest BCUT2D eigenvalue weighted by Crippen LogP contribution is 1.96. The van der Waals surface area contributed by atoms with Gasteiger partial charge in [-0.15, -0.1) is 0 Å². The third-order valence-corrected chi connectivity index (χ3v) is 1.14. The fourth-order valence-electron chi connectivity index (χ4n) is 0.654. The van der Waals surface area contributed by atoms with E-state index in [2.05, 4.69) is 14.7 Å². The molecule has 1 rings (SSSR count). The van der Waals surface area contributed by atoms with E-state index in [0.717, 1.165) is 0 Å². The lowest BCUT2D eigenvalue weighted by Crippen LogP contribution is -1.91. The van der Waals surface area contributed by atoms with Gasteiger partial charge in [0.1, 0.15) is 0 Å². The summed E-state index contributed by atoms with van der Waals surface area (Å²) in [7, 11) is 0. The van der Waals surface area contributed by atoms with Crippen LogP contribution >= 0.6 is 0 Å². The molecular weight excluding hydrogens is 148 g/mol. The predicted octanol–water partition coefficient (Wildman–Crippen LogP) is -0.193. The molecule has 11 heavy (non-hydrogen) atoms.